The summed E-state index contributed by atoms with van der Waals surface area (Å²) in [5.41, 5.74) is 5.98. The van der Waals surface area contributed by atoms with Gasteiger partial charge in [0.2, 0.25) is 0 Å². The van der Waals surface area contributed by atoms with E-state index < -0.39 is 5.97 Å². The Labute approximate surface area is 124 Å². The Hall–Kier alpha value is -2.61. The van der Waals surface area contributed by atoms with Gasteiger partial charge < -0.3 is 5.11 Å². The Morgan fingerprint density at radius 1 is 1.10 bits per heavy atom. The number of hydrogen-bond donors (Lipinski definition) is 1. The van der Waals surface area contributed by atoms with Gasteiger partial charge in [-0.25, -0.2) is 4.79 Å². The summed E-state index contributed by atoms with van der Waals surface area (Å²) in [5.74, 6) is -0.929. The average Bonchev–Trinajstić information content (AvgIpc) is 2.53. The first-order valence-corrected chi connectivity index (χ1v) is 7.04. The van der Waals surface area contributed by atoms with Crippen molar-refractivity contribution in [3.63, 3.8) is 0 Å². The van der Waals surface area contributed by atoms with Crippen molar-refractivity contribution in [2.45, 2.75) is 12.8 Å². The second-order valence-electron chi connectivity index (χ2n) is 5.11. The maximum absolute atomic E-state index is 10.5. The van der Waals surface area contributed by atoms with Crippen molar-refractivity contribution in [2.24, 2.45) is 0 Å². The zero-order valence-electron chi connectivity index (χ0n) is 11.6. The fourth-order valence-corrected chi connectivity index (χ4v) is 2.66. The van der Waals surface area contributed by atoms with E-state index in [9.17, 15) is 4.79 Å². The summed E-state index contributed by atoms with van der Waals surface area (Å²) < 4.78 is 0. The fourth-order valence-electron chi connectivity index (χ4n) is 2.66. The lowest BCUT2D eigenvalue weighted by molar-refractivity contribution is -0.131. The second-order valence-corrected chi connectivity index (χ2v) is 5.11. The Bertz CT molecular complexity index is 722. The van der Waals surface area contributed by atoms with Crippen molar-refractivity contribution >= 4 is 18.1 Å². The maximum Gasteiger partial charge on any atom is 0.328 e. The average molecular weight is 276 g/mol. The fraction of sp³-hybridized carbons (Fsp3) is 0.105. The molecule has 2 nitrogen and oxygen atoms in total. The lowest BCUT2D eigenvalue weighted by atomic mass is 9.90. The zero-order chi connectivity index (χ0) is 14.7. The molecule has 0 heterocycles. The number of hydrogen-bond acceptors (Lipinski definition) is 1. The monoisotopic (exact) mass is 276 g/mol. The second kappa shape index (κ2) is 5.80. The van der Waals surface area contributed by atoms with Gasteiger partial charge in [0.25, 0.3) is 0 Å². The van der Waals surface area contributed by atoms with Gasteiger partial charge in [-0.1, -0.05) is 54.6 Å². The third-order valence-corrected chi connectivity index (χ3v) is 3.70. The van der Waals surface area contributed by atoms with Crippen LogP contribution in [0.5, 0.6) is 0 Å². The molecule has 0 unspecified atom stereocenters. The SMILES string of the molecule is O=C(O)/C=C/c1ccc(-c2cccc3c2C=CCC3)cc1. The summed E-state index contributed by atoms with van der Waals surface area (Å²) in [7, 11) is 0. The number of rotatable bonds is 3. The molecule has 0 fully saturated rings. The molecule has 0 radical (unpaired) electrons. The van der Waals surface area contributed by atoms with E-state index in [0.717, 1.165) is 30.0 Å². The summed E-state index contributed by atoms with van der Waals surface area (Å²) in [6.07, 6.45) is 9.38. The van der Waals surface area contributed by atoms with Gasteiger partial charge in [-0.15, -0.1) is 0 Å². The third-order valence-electron chi connectivity index (χ3n) is 3.70. The van der Waals surface area contributed by atoms with Crippen LogP contribution in [0.2, 0.25) is 0 Å². The van der Waals surface area contributed by atoms with E-state index in [-0.39, 0.29) is 0 Å². The normalized spacial score (nSPS) is 13.3. The topological polar surface area (TPSA) is 37.3 Å². The summed E-state index contributed by atoms with van der Waals surface area (Å²) in [4.78, 5) is 10.5. The molecule has 0 bridgehead atoms. The summed E-state index contributed by atoms with van der Waals surface area (Å²) in [5, 5.41) is 8.65. The van der Waals surface area contributed by atoms with Crippen molar-refractivity contribution in [3.8, 4) is 11.1 Å². The lowest BCUT2D eigenvalue weighted by Gasteiger charge is -2.15. The number of carboxylic acids is 1. The molecule has 1 N–H and O–H groups in total. The number of allylic oxidation sites excluding steroid dienone is 1. The predicted molar refractivity (Wildman–Crippen MR) is 85.9 cm³/mol. The van der Waals surface area contributed by atoms with Gasteiger partial charge in [0.05, 0.1) is 0 Å². The molecule has 104 valence electrons. The number of benzene rings is 2. The van der Waals surface area contributed by atoms with Gasteiger partial charge >= 0.3 is 5.97 Å². The van der Waals surface area contributed by atoms with E-state index in [1.165, 1.54) is 16.7 Å². The smallest absolute Gasteiger partial charge is 0.328 e. The molecule has 1 aliphatic carbocycles. The highest BCUT2D eigenvalue weighted by molar-refractivity contribution is 5.85. The van der Waals surface area contributed by atoms with Crippen LogP contribution in [0, 0.1) is 0 Å². The summed E-state index contributed by atoms with van der Waals surface area (Å²) in [6, 6.07) is 14.4. The van der Waals surface area contributed by atoms with Crippen LogP contribution in [0.25, 0.3) is 23.3 Å². The highest BCUT2D eigenvalue weighted by Crippen LogP contribution is 2.30. The lowest BCUT2D eigenvalue weighted by Crippen LogP contribution is -1.96. The third kappa shape index (κ3) is 2.95. The molecule has 21 heavy (non-hydrogen) atoms. The number of carboxylic acid groups (broad SMARTS) is 1. The van der Waals surface area contributed by atoms with Crippen LogP contribution in [0.1, 0.15) is 23.1 Å². The zero-order valence-corrected chi connectivity index (χ0v) is 11.6. The first-order valence-electron chi connectivity index (χ1n) is 7.04. The quantitative estimate of drug-likeness (QED) is 0.843. The molecular formula is C19H16O2. The van der Waals surface area contributed by atoms with E-state index in [1.807, 2.05) is 24.3 Å². The van der Waals surface area contributed by atoms with Crippen LogP contribution in [-0.2, 0) is 11.2 Å². The van der Waals surface area contributed by atoms with E-state index >= 15 is 0 Å². The van der Waals surface area contributed by atoms with Crippen LogP contribution in [0.15, 0.2) is 54.6 Å². The number of carbonyl (C=O) groups is 1. The van der Waals surface area contributed by atoms with E-state index in [0.29, 0.717) is 0 Å². The number of aliphatic carboxylic acids is 1. The molecule has 0 aromatic heterocycles. The predicted octanol–water partition coefficient (Wildman–Crippen LogP) is 4.41. The van der Waals surface area contributed by atoms with Crippen LogP contribution < -0.4 is 0 Å². The van der Waals surface area contributed by atoms with Crippen LogP contribution in [-0.4, -0.2) is 11.1 Å². The number of aryl methyl sites for hydroxylation is 1. The van der Waals surface area contributed by atoms with Gasteiger partial charge in [-0.05, 0) is 46.7 Å². The van der Waals surface area contributed by atoms with E-state index in [4.69, 9.17) is 5.11 Å². The minimum atomic E-state index is -0.929. The van der Waals surface area contributed by atoms with E-state index in [2.05, 4.69) is 30.4 Å². The van der Waals surface area contributed by atoms with Crippen molar-refractivity contribution < 1.29 is 9.90 Å². The molecular weight excluding hydrogens is 260 g/mol. The molecule has 0 atom stereocenters. The van der Waals surface area contributed by atoms with Crippen LogP contribution in [0.4, 0.5) is 0 Å². The van der Waals surface area contributed by atoms with Gasteiger partial charge in [0.15, 0.2) is 0 Å². The van der Waals surface area contributed by atoms with Crippen LogP contribution in [0.3, 0.4) is 0 Å². The van der Waals surface area contributed by atoms with E-state index in [1.54, 1.807) is 6.08 Å². The first-order chi connectivity index (χ1) is 10.2. The minimum Gasteiger partial charge on any atom is -0.478 e. The van der Waals surface area contributed by atoms with Gasteiger partial charge in [-0.2, -0.15) is 0 Å². The van der Waals surface area contributed by atoms with Gasteiger partial charge in [-0.3, -0.25) is 0 Å². The Morgan fingerprint density at radius 3 is 2.67 bits per heavy atom. The molecule has 2 aromatic rings. The Balaban J connectivity index is 1.95. The van der Waals surface area contributed by atoms with Crippen LogP contribution >= 0.6 is 0 Å². The molecule has 3 rings (SSSR count). The maximum atomic E-state index is 10.5. The molecule has 0 saturated carbocycles. The van der Waals surface area contributed by atoms with Gasteiger partial charge in [0, 0.05) is 6.08 Å². The molecule has 1 aliphatic rings. The first kappa shape index (κ1) is 13.4. The Morgan fingerprint density at radius 2 is 1.90 bits per heavy atom. The highest BCUT2D eigenvalue weighted by atomic mass is 16.4. The molecule has 2 aromatic carbocycles. The highest BCUT2D eigenvalue weighted by Gasteiger charge is 2.09. The van der Waals surface area contributed by atoms with Crippen molar-refractivity contribution in [1.29, 1.82) is 0 Å². The standard InChI is InChI=1S/C19H16O2/c20-19(21)13-10-14-8-11-16(12-9-14)18-7-3-5-15-4-1-2-6-17(15)18/h2-3,5-13H,1,4H2,(H,20,21)/b13-10+. The molecule has 0 saturated heterocycles. The minimum absolute atomic E-state index is 0.890. The van der Waals surface area contributed by atoms with Gasteiger partial charge in [0.1, 0.15) is 0 Å². The molecule has 0 amide bonds. The molecule has 0 spiro atoms. The van der Waals surface area contributed by atoms with Crippen molar-refractivity contribution in [1.82, 2.24) is 0 Å². The molecule has 0 aliphatic heterocycles. The summed E-state index contributed by atoms with van der Waals surface area (Å²) >= 11 is 0. The largest absolute Gasteiger partial charge is 0.478 e. The summed E-state index contributed by atoms with van der Waals surface area (Å²) in [6.45, 7) is 0. The van der Waals surface area contributed by atoms with Crippen molar-refractivity contribution in [2.75, 3.05) is 0 Å². The number of fused-ring (bicyclic) bond motifs is 1. The Kier molecular flexibility index (Phi) is 3.69. The van der Waals surface area contributed by atoms with Crippen molar-refractivity contribution in [3.05, 3.63) is 71.3 Å². The molecule has 2 heteroatoms.